The van der Waals surface area contributed by atoms with Crippen LogP contribution in [0.15, 0.2) is 176 Å². The van der Waals surface area contributed by atoms with E-state index in [0.29, 0.717) is 5.82 Å². The minimum Gasteiger partial charge on any atom is -0.265 e. The van der Waals surface area contributed by atoms with E-state index < -0.39 is 0 Å². The SMILES string of the molecule is CC1(C)c2cc3ccccc3cc2-c2c(-c3cc(-c4ccc(-c5ccc(-c6ccncc6)cc5)c5ccccc45)nc(-c4ccccc4)n3)cccc21. The van der Waals surface area contributed by atoms with Crippen LogP contribution in [-0.4, -0.2) is 15.0 Å². The van der Waals surface area contributed by atoms with Crippen molar-refractivity contribution in [3.05, 3.63) is 187 Å². The first-order valence-corrected chi connectivity index (χ1v) is 18.2. The largest absolute Gasteiger partial charge is 0.265 e. The van der Waals surface area contributed by atoms with Gasteiger partial charge in [-0.25, -0.2) is 9.97 Å². The molecule has 0 fully saturated rings. The fraction of sp³-hybridized carbons (Fsp3) is 0.0600. The molecule has 2 aromatic heterocycles. The summed E-state index contributed by atoms with van der Waals surface area (Å²) in [7, 11) is 0. The lowest BCUT2D eigenvalue weighted by molar-refractivity contribution is 0.661. The summed E-state index contributed by atoms with van der Waals surface area (Å²) in [4.78, 5) is 14.8. The molecule has 1 aliphatic rings. The molecule has 1 aliphatic carbocycles. The van der Waals surface area contributed by atoms with E-state index >= 15 is 0 Å². The van der Waals surface area contributed by atoms with Crippen LogP contribution in [-0.2, 0) is 5.41 Å². The average Bonchev–Trinajstić information content (AvgIpc) is 3.45. The van der Waals surface area contributed by atoms with Crippen LogP contribution in [0, 0.1) is 0 Å². The Morgan fingerprint density at radius 2 is 1.00 bits per heavy atom. The Balaban J connectivity index is 1.16. The van der Waals surface area contributed by atoms with Gasteiger partial charge in [0.05, 0.1) is 11.4 Å². The number of aromatic nitrogens is 3. The van der Waals surface area contributed by atoms with Gasteiger partial charge in [-0.2, -0.15) is 0 Å². The summed E-state index contributed by atoms with van der Waals surface area (Å²) in [6.45, 7) is 4.69. The molecule has 0 N–H and O–H groups in total. The van der Waals surface area contributed by atoms with Crippen LogP contribution in [0.3, 0.4) is 0 Å². The highest BCUT2D eigenvalue weighted by atomic mass is 14.9. The van der Waals surface area contributed by atoms with Gasteiger partial charge in [0.25, 0.3) is 0 Å². The lowest BCUT2D eigenvalue weighted by atomic mass is 9.81. The molecule has 0 bridgehead atoms. The van der Waals surface area contributed by atoms with Gasteiger partial charge in [-0.1, -0.05) is 147 Å². The van der Waals surface area contributed by atoms with Gasteiger partial charge < -0.3 is 0 Å². The number of nitrogens with zero attached hydrogens (tertiary/aromatic N) is 3. The van der Waals surface area contributed by atoms with Crippen LogP contribution in [0.4, 0.5) is 0 Å². The maximum Gasteiger partial charge on any atom is 0.160 e. The Bertz CT molecular complexity index is 2840. The Morgan fingerprint density at radius 1 is 0.396 bits per heavy atom. The maximum atomic E-state index is 5.32. The molecule has 0 aliphatic heterocycles. The topological polar surface area (TPSA) is 38.7 Å². The van der Waals surface area contributed by atoms with Crippen molar-refractivity contribution >= 4 is 21.5 Å². The van der Waals surface area contributed by atoms with E-state index in [4.69, 9.17) is 9.97 Å². The Kier molecular flexibility index (Phi) is 7.16. The molecule has 0 saturated heterocycles. The monoisotopic (exact) mass is 677 g/mol. The van der Waals surface area contributed by atoms with Crippen molar-refractivity contribution < 1.29 is 0 Å². The second-order valence-electron chi connectivity index (χ2n) is 14.4. The number of pyridine rings is 1. The summed E-state index contributed by atoms with van der Waals surface area (Å²) in [5.41, 5.74) is 14.8. The summed E-state index contributed by atoms with van der Waals surface area (Å²) in [6.07, 6.45) is 3.67. The molecular weight excluding hydrogens is 643 g/mol. The Labute approximate surface area is 309 Å². The molecular formula is C50H35N3. The van der Waals surface area contributed by atoms with Crippen molar-refractivity contribution in [2.75, 3.05) is 0 Å². The minimum atomic E-state index is -0.147. The van der Waals surface area contributed by atoms with Gasteiger partial charge in [0.2, 0.25) is 0 Å². The van der Waals surface area contributed by atoms with Gasteiger partial charge in [-0.05, 0) is 96.4 Å². The highest BCUT2D eigenvalue weighted by Crippen LogP contribution is 2.53. The van der Waals surface area contributed by atoms with Crippen molar-refractivity contribution in [1.29, 1.82) is 0 Å². The third-order valence-electron chi connectivity index (χ3n) is 11.0. The summed E-state index contributed by atoms with van der Waals surface area (Å²) < 4.78 is 0. The van der Waals surface area contributed by atoms with E-state index in [1.54, 1.807) is 0 Å². The standard InChI is InChI=1S/C50H35N3/c1-50(2)44-18-10-17-42(48(44)43-29-36-13-6-7-14-37(36)30-45(43)50)47-31-46(52-49(53-47)35-11-4-3-5-12-35)41-24-23-38(39-15-8-9-16-40(39)41)34-21-19-32(20-22-34)33-25-27-51-28-26-33/h3-31H,1-2H3. The molecule has 0 spiro atoms. The van der Waals surface area contributed by atoms with E-state index in [2.05, 4.69) is 164 Å². The molecule has 250 valence electrons. The molecule has 0 atom stereocenters. The molecule has 0 unspecified atom stereocenters. The van der Waals surface area contributed by atoms with Crippen LogP contribution < -0.4 is 0 Å². The molecule has 2 heterocycles. The predicted molar refractivity (Wildman–Crippen MR) is 220 cm³/mol. The van der Waals surface area contributed by atoms with Crippen molar-refractivity contribution in [3.63, 3.8) is 0 Å². The molecule has 53 heavy (non-hydrogen) atoms. The minimum absolute atomic E-state index is 0.147. The van der Waals surface area contributed by atoms with Crippen LogP contribution in [0.25, 0.3) is 88.8 Å². The van der Waals surface area contributed by atoms with Gasteiger partial charge in [0, 0.05) is 34.5 Å². The second kappa shape index (κ2) is 12.2. The number of benzene rings is 7. The van der Waals surface area contributed by atoms with E-state index in [1.165, 1.54) is 55.1 Å². The summed E-state index contributed by atoms with van der Waals surface area (Å²) in [5, 5.41) is 4.86. The number of hydrogen-bond donors (Lipinski definition) is 0. The van der Waals surface area contributed by atoms with Crippen LogP contribution >= 0.6 is 0 Å². The van der Waals surface area contributed by atoms with Gasteiger partial charge in [0.1, 0.15) is 0 Å². The van der Waals surface area contributed by atoms with Crippen molar-refractivity contribution in [2.45, 2.75) is 19.3 Å². The van der Waals surface area contributed by atoms with Crippen LogP contribution in [0.1, 0.15) is 25.0 Å². The van der Waals surface area contributed by atoms with Gasteiger partial charge >= 0.3 is 0 Å². The second-order valence-corrected chi connectivity index (χ2v) is 14.4. The summed E-state index contributed by atoms with van der Waals surface area (Å²) >= 11 is 0. The highest BCUT2D eigenvalue weighted by molar-refractivity contribution is 6.05. The highest BCUT2D eigenvalue weighted by Gasteiger charge is 2.37. The van der Waals surface area contributed by atoms with Crippen molar-refractivity contribution in [2.24, 2.45) is 0 Å². The Morgan fingerprint density at radius 3 is 1.75 bits per heavy atom. The van der Waals surface area contributed by atoms with E-state index in [0.717, 1.165) is 39.0 Å². The fourth-order valence-electron chi connectivity index (χ4n) is 8.29. The first-order chi connectivity index (χ1) is 26.0. The molecule has 9 aromatic rings. The van der Waals surface area contributed by atoms with Crippen LogP contribution in [0.5, 0.6) is 0 Å². The van der Waals surface area contributed by atoms with Gasteiger partial charge in [-0.15, -0.1) is 0 Å². The first-order valence-electron chi connectivity index (χ1n) is 18.2. The quantitative estimate of drug-likeness (QED) is 0.182. The Hall–Kier alpha value is -6.71. The van der Waals surface area contributed by atoms with E-state index in [-0.39, 0.29) is 5.41 Å². The molecule has 3 nitrogen and oxygen atoms in total. The van der Waals surface area contributed by atoms with Crippen molar-refractivity contribution in [3.8, 4) is 67.3 Å². The zero-order valence-electron chi connectivity index (χ0n) is 29.6. The zero-order chi connectivity index (χ0) is 35.5. The first kappa shape index (κ1) is 31.1. The molecule has 0 saturated carbocycles. The van der Waals surface area contributed by atoms with Gasteiger partial charge in [0.15, 0.2) is 5.82 Å². The lowest BCUT2D eigenvalue weighted by Crippen LogP contribution is -2.14. The predicted octanol–water partition coefficient (Wildman–Crippen LogP) is 12.8. The van der Waals surface area contributed by atoms with Crippen LogP contribution in [0.2, 0.25) is 0 Å². The smallest absolute Gasteiger partial charge is 0.160 e. The maximum absolute atomic E-state index is 5.32. The lowest BCUT2D eigenvalue weighted by Gasteiger charge is -2.22. The third-order valence-corrected chi connectivity index (χ3v) is 11.0. The summed E-state index contributed by atoms with van der Waals surface area (Å²) in [6, 6.07) is 58.7. The zero-order valence-corrected chi connectivity index (χ0v) is 29.6. The van der Waals surface area contributed by atoms with Crippen molar-refractivity contribution in [1.82, 2.24) is 15.0 Å². The molecule has 0 amide bonds. The molecule has 3 heteroatoms. The molecule has 10 rings (SSSR count). The third kappa shape index (κ3) is 5.16. The average molecular weight is 678 g/mol. The number of fused-ring (bicyclic) bond motifs is 5. The van der Waals surface area contributed by atoms with E-state index in [1.807, 2.05) is 30.6 Å². The number of rotatable bonds is 5. The number of hydrogen-bond acceptors (Lipinski definition) is 3. The van der Waals surface area contributed by atoms with E-state index in [9.17, 15) is 0 Å². The summed E-state index contributed by atoms with van der Waals surface area (Å²) in [5.74, 6) is 0.714. The normalized spacial score (nSPS) is 12.9. The molecule has 7 aromatic carbocycles. The molecule has 0 radical (unpaired) electrons. The fourth-order valence-corrected chi connectivity index (χ4v) is 8.29. The van der Waals surface area contributed by atoms with Gasteiger partial charge in [-0.3, -0.25) is 4.98 Å².